The lowest BCUT2D eigenvalue weighted by Gasteiger charge is -2.15. The van der Waals surface area contributed by atoms with Gasteiger partial charge in [0.05, 0.1) is 0 Å². The van der Waals surface area contributed by atoms with Gasteiger partial charge in [0.15, 0.2) is 0 Å². The van der Waals surface area contributed by atoms with Gasteiger partial charge in [0.25, 0.3) is 0 Å². The summed E-state index contributed by atoms with van der Waals surface area (Å²) in [6, 6.07) is 4.80. The van der Waals surface area contributed by atoms with E-state index in [1.165, 1.54) is 185 Å². The number of carbonyl (C=O) groups excluding carboxylic acids is 2. The third-order valence-electron chi connectivity index (χ3n) is 10.7. The van der Waals surface area contributed by atoms with Gasteiger partial charge >= 0.3 is 0 Å². The molecule has 0 saturated carbocycles. The van der Waals surface area contributed by atoms with Crippen LogP contribution in [0.5, 0.6) is 0 Å². The molecule has 1 aromatic rings. The zero-order chi connectivity index (χ0) is 34.9. The van der Waals surface area contributed by atoms with Crippen molar-refractivity contribution < 1.29 is 9.59 Å². The third kappa shape index (κ3) is 27.0. The molecule has 0 aliphatic rings. The molecule has 1 rings (SSSR count). The molecule has 0 atom stereocenters. The highest BCUT2D eigenvalue weighted by Crippen LogP contribution is 2.24. The van der Waals surface area contributed by atoms with Gasteiger partial charge in [0, 0.05) is 12.8 Å². The van der Waals surface area contributed by atoms with Crippen molar-refractivity contribution in [3.63, 3.8) is 0 Å². The number of aryl methyl sites for hydroxylation is 2. The molecule has 278 valence electrons. The first-order valence-corrected chi connectivity index (χ1v) is 21.1. The molecule has 4 heteroatoms. The van der Waals surface area contributed by atoms with Crippen LogP contribution in [0.3, 0.4) is 0 Å². The number of hydrogen-bond acceptors (Lipinski definition) is 2. The number of carbonyl (C=O) groups is 2. The zero-order valence-corrected chi connectivity index (χ0v) is 32.2. The summed E-state index contributed by atoms with van der Waals surface area (Å²) in [5.41, 5.74) is 16.7. The average Bonchev–Trinajstić information content (AvgIpc) is 3.06. The van der Waals surface area contributed by atoms with E-state index in [9.17, 15) is 9.59 Å². The minimum atomic E-state index is -0.156. The quantitative estimate of drug-likeness (QED) is 0.0697. The zero-order valence-electron chi connectivity index (χ0n) is 32.2. The van der Waals surface area contributed by atoms with Crippen molar-refractivity contribution in [1.29, 1.82) is 0 Å². The number of unbranched alkanes of at least 4 members (excludes halogenated alkanes) is 28. The van der Waals surface area contributed by atoms with Gasteiger partial charge < -0.3 is 11.5 Å². The van der Waals surface area contributed by atoms with Gasteiger partial charge in [0.2, 0.25) is 11.8 Å². The summed E-state index contributed by atoms with van der Waals surface area (Å²) >= 11 is 0. The number of hydrogen-bond donors (Lipinski definition) is 2. The first-order valence-electron chi connectivity index (χ1n) is 21.1. The average molecular weight is 669 g/mol. The van der Waals surface area contributed by atoms with E-state index in [4.69, 9.17) is 11.5 Å². The summed E-state index contributed by atoms with van der Waals surface area (Å²) in [5.74, 6) is -0.312. The molecule has 1 aromatic carbocycles. The maximum atomic E-state index is 10.8. The van der Waals surface area contributed by atoms with Gasteiger partial charge in [-0.2, -0.15) is 0 Å². The first kappa shape index (κ1) is 44.2. The fourth-order valence-electron chi connectivity index (χ4n) is 7.32. The highest BCUT2D eigenvalue weighted by Gasteiger charge is 2.08. The van der Waals surface area contributed by atoms with Gasteiger partial charge in [-0.1, -0.05) is 179 Å². The Hall–Kier alpha value is -1.84. The fraction of sp³-hybridized carbons (Fsp3) is 0.818. The molecule has 48 heavy (non-hydrogen) atoms. The van der Waals surface area contributed by atoms with Crippen molar-refractivity contribution in [3.05, 3.63) is 34.4 Å². The second kappa shape index (κ2) is 32.4. The second-order valence-electron chi connectivity index (χ2n) is 15.2. The molecule has 0 heterocycles. The van der Waals surface area contributed by atoms with Crippen molar-refractivity contribution in [1.82, 2.24) is 0 Å². The smallest absolute Gasteiger partial charge is 0.217 e. The largest absolute Gasteiger partial charge is 0.370 e. The Balaban J connectivity index is 1.99. The molecule has 4 nitrogen and oxygen atoms in total. The predicted molar refractivity (Wildman–Crippen MR) is 209 cm³/mol. The normalized spacial score (nSPS) is 11.4. The Labute approximate surface area is 298 Å². The highest BCUT2D eigenvalue weighted by molar-refractivity contribution is 5.73. The lowest BCUT2D eigenvalue weighted by atomic mass is 9.90. The molecule has 0 fully saturated rings. The van der Waals surface area contributed by atoms with Crippen LogP contribution in [0.2, 0.25) is 0 Å². The number of rotatable bonds is 36. The van der Waals surface area contributed by atoms with Crippen LogP contribution in [-0.2, 0) is 22.4 Å². The standard InChI is InChI=1S/C44H80N2O2/c1-39-37-38-41(33-29-25-21-17-13-9-5-3-7-11-15-19-23-27-31-35-43(45)47)42(40(39)2)34-30-26-22-18-14-10-6-4-8-12-16-20-24-28-32-36-44(46)48/h37-38H,3-36H2,1-2H3,(H2,45,47)(H2,46,48). The minimum Gasteiger partial charge on any atom is -0.370 e. The topological polar surface area (TPSA) is 86.2 Å². The van der Waals surface area contributed by atoms with Crippen LogP contribution in [0.15, 0.2) is 12.1 Å². The molecule has 0 radical (unpaired) electrons. The van der Waals surface area contributed by atoms with Crippen molar-refractivity contribution in [2.45, 2.75) is 232 Å². The maximum Gasteiger partial charge on any atom is 0.217 e. The van der Waals surface area contributed by atoms with Crippen molar-refractivity contribution >= 4 is 11.8 Å². The summed E-state index contributed by atoms with van der Waals surface area (Å²) in [7, 11) is 0. The van der Waals surface area contributed by atoms with Crippen LogP contribution in [0.4, 0.5) is 0 Å². The van der Waals surface area contributed by atoms with Gasteiger partial charge in [-0.3, -0.25) is 9.59 Å². The van der Waals surface area contributed by atoms with Crippen LogP contribution in [0, 0.1) is 13.8 Å². The minimum absolute atomic E-state index is 0.156. The fourth-order valence-corrected chi connectivity index (χ4v) is 7.32. The van der Waals surface area contributed by atoms with Crippen LogP contribution in [0.1, 0.15) is 228 Å². The number of benzene rings is 1. The van der Waals surface area contributed by atoms with E-state index in [1.807, 2.05) is 0 Å². The molecule has 0 unspecified atom stereocenters. The summed E-state index contributed by atoms with van der Waals surface area (Å²) in [4.78, 5) is 21.5. The van der Waals surface area contributed by atoms with Crippen LogP contribution < -0.4 is 11.5 Å². The molecule has 4 N–H and O–H groups in total. The van der Waals surface area contributed by atoms with E-state index in [0.29, 0.717) is 12.8 Å². The van der Waals surface area contributed by atoms with Gasteiger partial charge in [-0.05, 0) is 74.6 Å². The molecule has 0 spiro atoms. The van der Waals surface area contributed by atoms with Crippen LogP contribution >= 0.6 is 0 Å². The van der Waals surface area contributed by atoms with E-state index >= 15 is 0 Å². The Morgan fingerprint density at radius 1 is 0.396 bits per heavy atom. The van der Waals surface area contributed by atoms with Crippen molar-refractivity contribution in [2.24, 2.45) is 11.5 Å². The van der Waals surface area contributed by atoms with Crippen molar-refractivity contribution in [3.8, 4) is 0 Å². The lowest BCUT2D eigenvalue weighted by molar-refractivity contribution is -0.119. The van der Waals surface area contributed by atoms with Crippen LogP contribution in [-0.4, -0.2) is 11.8 Å². The summed E-state index contributed by atoms with van der Waals surface area (Å²) in [5, 5.41) is 0. The van der Waals surface area contributed by atoms with E-state index in [2.05, 4.69) is 26.0 Å². The highest BCUT2D eigenvalue weighted by atomic mass is 16.1. The summed E-state index contributed by atoms with van der Waals surface area (Å²) in [6.45, 7) is 4.64. The predicted octanol–water partition coefficient (Wildman–Crippen LogP) is 12.8. The molecule has 0 aliphatic carbocycles. The van der Waals surface area contributed by atoms with Gasteiger partial charge in [-0.25, -0.2) is 0 Å². The number of primary amides is 2. The molecule has 0 bridgehead atoms. The summed E-state index contributed by atoms with van der Waals surface area (Å²) < 4.78 is 0. The van der Waals surface area contributed by atoms with E-state index < -0.39 is 0 Å². The molecule has 0 saturated heterocycles. The lowest BCUT2D eigenvalue weighted by Crippen LogP contribution is -2.09. The maximum absolute atomic E-state index is 10.8. The second-order valence-corrected chi connectivity index (χ2v) is 15.2. The molecular formula is C44H80N2O2. The Kier molecular flexibility index (Phi) is 29.8. The van der Waals surface area contributed by atoms with E-state index in [1.54, 1.807) is 16.7 Å². The Morgan fingerprint density at radius 2 is 0.667 bits per heavy atom. The monoisotopic (exact) mass is 669 g/mol. The number of amides is 2. The Morgan fingerprint density at radius 3 is 0.979 bits per heavy atom. The van der Waals surface area contributed by atoms with Gasteiger partial charge in [0.1, 0.15) is 0 Å². The number of nitrogens with two attached hydrogens (primary N) is 2. The van der Waals surface area contributed by atoms with Gasteiger partial charge in [-0.15, -0.1) is 0 Å². The molecule has 0 aromatic heterocycles. The van der Waals surface area contributed by atoms with Crippen LogP contribution in [0.25, 0.3) is 0 Å². The third-order valence-corrected chi connectivity index (χ3v) is 10.7. The molecule has 0 aliphatic heterocycles. The SMILES string of the molecule is Cc1ccc(CCCCCCCCCCCCCCCCCC(N)=O)c(CCCCCCCCCCCCCCCCCC(N)=O)c1C. The van der Waals surface area contributed by atoms with E-state index in [-0.39, 0.29) is 11.8 Å². The van der Waals surface area contributed by atoms with E-state index in [0.717, 1.165) is 25.7 Å². The Bertz CT molecular complexity index is 911. The first-order chi connectivity index (χ1) is 23.4. The van der Waals surface area contributed by atoms with Crippen molar-refractivity contribution in [2.75, 3.05) is 0 Å². The molecule has 2 amide bonds. The molecular weight excluding hydrogens is 588 g/mol. The summed E-state index contributed by atoms with van der Waals surface area (Å²) in [6.07, 6.45) is 43.6.